The maximum atomic E-state index is 4.46. The van der Waals surface area contributed by atoms with Gasteiger partial charge in [0.15, 0.2) is 0 Å². The van der Waals surface area contributed by atoms with Gasteiger partial charge in [-0.3, -0.25) is 0 Å². The van der Waals surface area contributed by atoms with E-state index in [0.717, 1.165) is 5.82 Å². The standard InChI is InChI=1S/C15H14N2/c1-11-3-5-14-13(9-11)7-8-17(14)15-6-4-12(2)10-16-15/h3-10H,1-2H3. The number of aromatic nitrogens is 2. The third-order valence-corrected chi connectivity index (χ3v) is 2.99. The van der Waals surface area contributed by atoms with E-state index in [1.165, 1.54) is 22.0 Å². The van der Waals surface area contributed by atoms with Crippen molar-refractivity contribution in [3.05, 3.63) is 59.9 Å². The first-order valence-electron chi connectivity index (χ1n) is 5.75. The molecule has 17 heavy (non-hydrogen) atoms. The first kappa shape index (κ1) is 10.1. The lowest BCUT2D eigenvalue weighted by molar-refractivity contribution is 1.04. The molecule has 0 saturated heterocycles. The normalized spacial score (nSPS) is 10.9. The molecule has 1 aromatic carbocycles. The van der Waals surface area contributed by atoms with Crippen molar-refractivity contribution in [2.45, 2.75) is 13.8 Å². The first-order valence-corrected chi connectivity index (χ1v) is 5.75. The van der Waals surface area contributed by atoms with Crippen molar-refractivity contribution in [3.63, 3.8) is 0 Å². The topological polar surface area (TPSA) is 17.8 Å². The molecule has 0 aliphatic carbocycles. The summed E-state index contributed by atoms with van der Waals surface area (Å²) >= 11 is 0. The summed E-state index contributed by atoms with van der Waals surface area (Å²) in [7, 11) is 0. The highest BCUT2D eigenvalue weighted by atomic mass is 15.0. The van der Waals surface area contributed by atoms with Crippen molar-refractivity contribution in [3.8, 4) is 5.82 Å². The average molecular weight is 222 g/mol. The molecule has 0 aliphatic rings. The Morgan fingerprint density at radius 2 is 1.76 bits per heavy atom. The van der Waals surface area contributed by atoms with Crippen LogP contribution in [0.1, 0.15) is 11.1 Å². The maximum Gasteiger partial charge on any atom is 0.137 e. The fraction of sp³-hybridized carbons (Fsp3) is 0.133. The Labute approximate surface area is 101 Å². The molecule has 0 N–H and O–H groups in total. The van der Waals surface area contributed by atoms with Crippen LogP contribution in [0.15, 0.2) is 48.8 Å². The van der Waals surface area contributed by atoms with Crippen LogP contribution in [0.25, 0.3) is 16.7 Å². The van der Waals surface area contributed by atoms with Gasteiger partial charge < -0.3 is 4.57 Å². The molecule has 0 fully saturated rings. The van der Waals surface area contributed by atoms with Crippen molar-refractivity contribution in [2.24, 2.45) is 0 Å². The summed E-state index contributed by atoms with van der Waals surface area (Å²) in [5.74, 6) is 0.967. The Morgan fingerprint density at radius 3 is 2.53 bits per heavy atom. The molecule has 2 aromatic heterocycles. The summed E-state index contributed by atoms with van der Waals surface area (Å²) in [6.45, 7) is 4.16. The van der Waals surface area contributed by atoms with Gasteiger partial charge >= 0.3 is 0 Å². The van der Waals surface area contributed by atoms with E-state index in [2.05, 4.69) is 59.1 Å². The summed E-state index contributed by atoms with van der Waals surface area (Å²) in [5, 5.41) is 1.26. The van der Waals surface area contributed by atoms with Crippen molar-refractivity contribution < 1.29 is 0 Å². The van der Waals surface area contributed by atoms with Gasteiger partial charge in [0.1, 0.15) is 5.82 Å². The molecule has 2 heteroatoms. The molecule has 84 valence electrons. The van der Waals surface area contributed by atoms with Crippen LogP contribution in [-0.2, 0) is 0 Å². The minimum Gasteiger partial charge on any atom is -0.301 e. The highest BCUT2D eigenvalue weighted by Crippen LogP contribution is 2.20. The summed E-state index contributed by atoms with van der Waals surface area (Å²) in [4.78, 5) is 4.46. The van der Waals surface area contributed by atoms with Crippen LogP contribution in [0.4, 0.5) is 0 Å². The monoisotopic (exact) mass is 222 g/mol. The zero-order valence-corrected chi connectivity index (χ0v) is 10.0. The first-order chi connectivity index (χ1) is 8.24. The van der Waals surface area contributed by atoms with Crippen molar-refractivity contribution in [1.82, 2.24) is 9.55 Å². The van der Waals surface area contributed by atoms with Gasteiger partial charge in [-0.15, -0.1) is 0 Å². The molecule has 3 rings (SSSR count). The summed E-state index contributed by atoms with van der Waals surface area (Å²) < 4.78 is 2.12. The van der Waals surface area contributed by atoms with E-state index >= 15 is 0 Å². The molecule has 0 spiro atoms. The lowest BCUT2D eigenvalue weighted by Gasteiger charge is -2.04. The van der Waals surface area contributed by atoms with E-state index in [9.17, 15) is 0 Å². The van der Waals surface area contributed by atoms with Crippen LogP contribution in [0.2, 0.25) is 0 Å². The zero-order valence-electron chi connectivity index (χ0n) is 10.0. The van der Waals surface area contributed by atoms with Crippen molar-refractivity contribution in [1.29, 1.82) is 0 Å². The molecular weight excluding hydrogens is 208 g/mol. The Hall–Kier alpha value is -2.09. The fourth-order valence-corrected chi connectivity index (χ4v) is 2.06. The van der Waals surface area contributed by atoms with Gasteiger partial charge in [0.25, 0.3) is 0 Å². The molecule has 2 nitrogen and oxygen atoms in total. The van der Waals surface area contributed by atoms with Crippen LogP contribution in [0.5, 0.6) is 0 Å². The Bertz CT molecular complexity index is 663. The van der Waals surface area contributed by atoms with Crippen LogP contribution in [0, 0.1) is 13.8 Å². The van der Waals surface area contributed by atoms with E-state index in [-0.39, 0.29) is 0 Å². The molecule has 0 bridgehead atoms. The molecule has 0 amide bonds. The van der Waals surface area contributed by atoms with Gasteiger partial charge in [-0.2, -0.15) is 0 Å². The lowest BCUT2D eigenvalue weighted by atomic mass is 10.2. The largest absolute Gasteiger partial charge is 0.301 e. The fourth-order valence-electron chi connectivity index (χ4n) is 2.06. The van der Waals surface area contributed by atoms with Gasteiger partial charge in [-0.1, -0.05) is 17.7 Å². The summed E-state index contributed by atoms with van der Waals surface area (Å²) in [5.41, 5.74) is 3.67. The predicted molar refractivity (Wildman–Crippen MR) is 70.5 cm³/mol. The number of fused-ring (bicyclic) bond motifs is 1. The minimum atomic E-state index is 0.967. The number of hydrogen-bond acceptors (Lipinski definition) is 1. The zero-order chi connectivity index (χ0) is 11.8. The Balaban J connectivity index is 2.21. The number of aryl methyl sites for hydroxylation is 2. The molecule has 3 aromatic rings. The quantitative estimate of drug-likeness (QED) is 0.614. The Kier molecular flexibility index (Phi) is 2.22. The predicted octanol–water partition coefficient (Wildman–Crippen LogP) is 3.64. The molecule has 0 saturated carbocycles. The summed E-state index contributed by atoms with van der Waals surface area (Å²) in [6.07, 6.45) is 3.97. The second-order valence-corrected chi connectivity index (χ2v) is 4.44. The van der Waals surface area contributed by atoms with Gasteiger partial charge in [0, 0.05) is 17.8 Å². The van der Waals surface area contributed by atoms with Gasteiger partial charge in [-0.05, 0) is 43.7 Å². The number of benzene rings is 1. The Morgan fingerprint density at radius 1 is 0.941 bits per heavy atom. The van der Waals surface area contributed by atoms with Gasteiger partial charge in [0.2, 0.25) is 0 Å². The van der Waals surface area contributed by atoms with E-state index in [0.29, 0.717) is 0 Å². The lowest BCUT2D eigenvalue weighted by Crippen LogP contribution is -1.95. The number of hydrogen-bond donors (Lipinski definition) is 0. The van der Waals surface area contributed by atoms with Gasteiger partial charge in [0.05, 0.1) is 5.52 Å². The van der Waals surface area contributed by atoms with Crippen LogP contribution in [0.3, 0.4) is 0 Å². The van der Waals surface area contributed by atoms with E-state index in [1.807, 2.05) is 13.1 Å². The van der Waals surface area contributed by atoms with Crippen LogP contribution < -0.4 is 0 Å². The molecule has 0 atom stereocenters. The molecule has 2 heterocycles. The summed E-state index contributed by atoms with van der Waals surface area (Å²) in [6, 6.07) is 12.7. The van der Waals surface area contributed by atoms with Gasteiger partial charge in [-0.25, -0.2) is 4.98 Å². The van der Waals surface area contributed by atoms with Crippen molar-refractivity contribution >= 4 is 10.9 Å². The number of nitrogens with zero attached hydrogens (tertiary/aromatic N) is 2. The third-order valence-electron chi connectivity index (χ3n) is 2.99. The number of pyridine rings is 1. The highest BCUT2D eigenvalue weighted by Gasteiger charge is 2.03. The number of rotatable bonds is 1. The van der Waals surface area contributed by atoms with Crippen LogP contribution in [-0.4, -0.2) is 9.55 Å². The SMILES string of the molecule is Cc1ccc(-n2ccc3cc(C)ccc32)nc1. The smallest absolute Gasteiger partial charge is 0.137 e. The average Bonchev–Trinajstić information content (AvgIpc) is 2.73. The molecule has 0 unspecified atom stereocenters. The van der Waals surface area contributed by atoms with E-state index < -0.39 is 0 Å². The highest BCUT2D eigenvalue weighted by molar-refractivity contribution is 5.82. The maximum absolute atomic E-state index is 4.46. The molecular formula is C15H14N2. The second-order valence-electron chi connectivity index (χ2n) is 4.44. The minimum absolute atomic E-state index is 0.967. The van der Waals surface area contributed by atoms with Crippen LogP contribution >= 0.6 is 0 Å². The van der Waals surface area contributed by atoms with Crippen molar-refractivity contribution in [2.75, 3.05) is 0 Å². The second kappa shape index (κ2) is 3.74. The molecule has 0 radical (unpaired) electrons. The molecule has 0 aliphatic heterocycles. The van der Waals surface area contributed by atoms with E-state index in [1.54, 1.807) is 0 Å². The third kappa shape index (κ3) is 1.72. The van der Waals surface area contributed by atoms with E-state index in [4.69, 9.17) is 0 Å².